The van der Waals surface area contributed by atoms with Crippen LogP contribution in [0.2, 0.25) is 0 Å². The molecule has 1 N–H and O–H groups in total. The van der Waals surface area contributed by atoms with Crippen LogP contribution >= 0.6 is 0 Å². The van der Waals surface area contributed by atoms with E-state index in [1.165, 1.54) is 6.26 Å². The van der Waals surface area contributed by atoms with E-state index in [9.17, 15) is 8.42 Å². The van der Waals surface area contributed by atoms with Gasteiger partial charge in [0.15, 0.2) is 9.84 Å². The molecule has 0 spiro atoms. The topological polar surface area (TPSA) is 73.2 Å². The molecular formula is C14H19N3O2S. The van der Waals surface area contributed by atoms with Crippen LogP contribution in [0.1, 0.15) is 18.0 Å². The van der Waals surface area contributed by atoms with E-state index >= 15 is 0 Å². The van der Waals surface area contributed by atoms with Gasteiger partial charge in [0.05, 0.1) is 17.4 Å². The predicted molar refractivity (Wildman–Crippen MR) is 77.0 cm³/mol. The zero-order valence-corrected chi connectivity index (χ0v) is 12.4. The lowest BCUT2D eigenvalue weighted by molar-refractivity contribution is 0.175. The molecule has 1 fully saturated rings. The molecule has 0 aromatic heterocycles. The summed E-state index contributed by atoms with van der Waals surface area (Å²) in [6.45, 7) is 3.65. The summed E-state index contributed by atoms with van der Waals surface area (Å²) >= 11 is 0. The molecule has 0 unspecified atom stereocenters. The normalized spacial score (nSPS) is 18.4. The van der Waals surface area contributed by atoms with Crippen LogP contribution in [0.3, 0.4) is 0 Å². The van der Waals surface area contributed by atoms with E-state index in [0.717, 1.165) is 31.7 Å². The average Bonchev–Trinajstić information content (AvgIpc) is 2.45. The van der Waals surface area contributed by atoms with Gasteiger partial charge in [-0.1, -0.05) is 12.1 Å². The van der Waals surface area contributed by atoms with Crippen molar-refractivity contribution in [3.63, 3.8) is 0 Å². The molecule has 20 heavy (non-hydrogen) atoms. The molecule has 0 saturated carbocycles. The minimum atomic E-state index is -3.17. The minimum absolute atomic E-state index is 0.0377. The summed E-state index contributed by atoms with van der Waals surface area (Å²) in [4.78, 5) is 2.59. The van der Waals surface area contributed by atoms with Crippen molar-refractivity contribution in [2.45, 2.75) is 17.4 Å². The maximum Gasteiger partial charge on any atom is 0.175 e. The highest BCUT2D eigenvalue weighted by Crippen LogP contribution is 2.25. The number of hydrogen-bond acceptors (Lipinski definition) is 5. The Morgan fingerprint density at radius 3 is 2.40 bits per heavy atom. The molecule has 1 aliphatic heterocycles. The van der Waals surface area contributed by atoms with Gasteiger partial charge in [0.1, 0.15) is 0 Å². The van der Waals surface area contributed by atoms with Gasteiger partial charge in [-0.3, -0.25) is 4.90 Å². The third-order valence-corrected chi connectivity index (χ3v) is 4.70. The monoisotopic (exact) mass is 293 g/mol. The van der Waals surface area contributed by atoms with Crippen LogP contribution in [0.5, 0.6) is 0 Å². The van der Waals surface area contributed by atoms with Crippen molar-refractivity contribution in [3.8, 4) is 6.07 Å². The zero-order valence-electron chi connectivity index (χ0n) is 11.5. The Kier molecular flexibility index (Phi) is 4.76. The lowest BCUT2D eigenvalue weighted by Gasteiger charge is -2.34. The number of piperazine rings is 1. The summed E-state index contributed by atoms with van der Waals surface area (Å²) in [6.07, 6.45) is 1.61. The Morgan fingerprint density at radius 1 is 1.30 bits per heavy atom. The van der Waals surface area contributed by atoms with E-state index in [1.54, 1.807) is 12.1 Å². The second kappa shape index (κ2) is 6.35. The summed E-state index contributed by atoms with van der Waals surface area (Å²) in [5.74, 6) is 0. The number of benzene rings is 1. The first kappa shape index (κ1) is 15.0. The van der Waals surface area contributed by atoms with Gasteiger partial charge in [0.2, 0.25) is 0 Å². The maximum absolute atomic E-state index is 11.5. The van der Waals surface area contributed by atoms with Crippen molar-refractivity contribution in [3.05, 3.63) is 29.8 Å². The van der Waals surface area contributed by atoms with Crippen LogP contribution in [0.4, 0.5) is 0 Å². The molecular weight excluding hydrogens is 274 g/mol. The predicted octanol–water partition coefficient (Wildman–Crippen LogP) is 0.950. The van der Waals surface area contributed by atoms with Gasteiger partial charge in [-0.15, -0.1) is 0 Å². The van der Waals surface area contributed by atoms with Crippen molar-refractivity contribution in [2.75, 3.05) is 32.4 Å². The molecule has 1 heterocycles. The van der Waals surface area contributed by atoms with Crippen molar-refractivity contribution in [2.24, 2.45) is 0 Å². The van der Waals surface area contributed by atoms with Gasteiger partial charge >= 0.3 is 0 Å². The van der Waals surface area contributed by atoms with Crippen molar-refractivity contribution in [1.29, 1.82) is 5.26 Å². The molecule has 0 radical (unpaired) electrons. The molecule has 1 aliphatic rings. The summed E-state index contributed by atoms with van der Waals surface area (Å²) in [6, 6.07) is 9.15. The molecule has 5 nitrogen and oxygen atoms in total. The van der Waals surface area contributed by atoms with E-state index in [1.807, 2.05) is 12.1 Å². The number of nitrogens with one attached hydrogen (secondary N) is 1. The van der Waals surface area contributed by atoms with Crippen LogP contribution in [0, 0.1) is 11.3 Å². The highest BCUT2D eigenvalue weighted by molar-refractivity contribution is 7.90. The highest BCUT2D eigenvalue weighted by atomic mass is 32.2. The smallest absolute Gasteiger partial charge is 0.175 e. The second-order valence-corrected chi connectivity index (χ2v) is 7.02. The van der Waals surface area contributed by atoms with Gasteiger partial charge in [-0.25, -0.2) is 8.42 Å². The van der Waals surface area contributed by atoms with Gasteiger partial charge in [0.25, 0.3) is 0 Å². The fourth-order valence-corrected chi connectivity index (χ4v) is 3.11. The van der Waals surface area contributed by atoms with Crippen molar-refractivity contribution in [1.82, 2.24) is 10.2 Å². The molecule has 1 saturated heterocycles. The molecule has 1 atom stereocenters. The molecule has 0 aliphatic carbocycles. The maximum atomic E-state index is 11.5. The quantitative estimate of drug-likeness (QED) is 0.895. The molecule has 1 aromatic rings. The Morgan fingerprint density at radius 2 is 1.90 bits per heavy atom. The standard InChI is InChI=1S/C14H19N3O2S/c1-20(18,19)13-4-2-12(3-5-13)14(6-7-15)17-10-8-16-9-11-17/h2-5,14,16H,6,8-11H2,1H3/t14-/m1/s1. The van der Waals surface area contributed by atoms with Gasteiger partial charge in [-0.2, -0.15) is 5.26 Å². The number of hydrogen-bond donors (Lipinski definition) is 1. The van der Waals surface area contributed by atoms with E-state index < -0.39 is 9.84 Å². The fourth-order valence-electron chi connectivity index (χ4n) is 2.48. The van der Waals surface area contributed by atoms with E-state index in [2.05, 4.69) is 16.3 Å². The summed E-state index contributed by atoms with van der Waals surface area (Å²) in [7, 11) is -3.17. The third-order valence-electron chi connectivity index (χ3n) is 3.57. The minimum Gasteiger partial charge on any atom is -0.314 e. The summed E-state index contributed by atoms with van der Waals surface area (Å²) < 4.78 is 22.9. The van der Waals surface area contributed by atoms with E-state index in [-0.39, 0.29) is 6.04 Å². The van der Waals surface area contributed by atoms with Crippen molar-refractivity contribution >= 4 is 9.84 Å². The highest BCUT2D eigenvalue weighted by Gasteiger charge is 2.22. The molecule has 0 bridgehead atoms. The Bertz CT molecular complexity index is 584. The second-order valence-electron chi connectivity index (χ2n) is 5.01. The molecule has 6 heteroatoms. The first-order valence-electron chi connectivity index (χ1n) is 6.64. The Balaban J connectivity index is 2.23. The van der Waals surface area contributed by atoms with E-state index in [0.29, 0.717) is 11.3 Å². The lowest BCUT2D eigenvalue weighted by Crippen LogP contribution is -2.45. The summed E-state index contributed by atoms with van der Waals surface area (Å²) in [5, 5.41) is 12.3. The Hall–Kier alpha value is -1.42. The lowest BCUT2D eigenvalue weighted by atomic mass is 10.0. The van der Waals surface area contributed by atoms with Crippen LogP contribution < -0.4 is 5.32 Å². The number of sulfone groups is 1. The number of nitriles is 1. The van der Waals surface area contributed by atoms with Gasteiger partial charge < -0.3 is 5.32 Å². The third kappa shape index (κ3) is 3.57. The van der Waals surface area contributed by atoms with Crippen LogP contribution in [-0.2, 0) is 9.84 Å². The Labute approximate surface area is 120 Å². The molecule has 2 rings (SSSR count). The number of rotatable bonds is 4. The first-order chi connectivity index (χ1) is 9.52. The molecule has 0 amide bonds. The largest absolute Gasteiger partial charge is 0.314 e. The van der Waals surface area contributed by atoms with Crippen LogP contribution in [0.15, 0.2) is 29.2 Å². The fraction of sp³-hybridized carbons (Fsp3) is 0.500. The molecule has 108 valence electrons. The average molecular weight is 293 g/mol. The van der Waals surface area contributed by atoms with Gasteiger partial charge in [0, 0.05) is 38.5 Å². The zero-order chi connectivity index (χ0) is 14.6. The SMILES string of the molecule is CS(=O)(=O)c1ccc([C@@H](CC#N)N2CCNCC2)cc1. The molecule has 1 aromatic carbocycles. The van der Waals surface area contributed by atoms with Crippen LogP contribution in [0.25, 0.3) is 0 Å². The van der Waals surface area contributed by atoms with E-state index in [4.69, 9.17) is 5.26 Å². The number of nitrogens with zero attached hydrogens (tertiary/aromatic N) is 2. The van der Waals surface area contributed by atoms with Crippen molar-refractivity contribution < 1.29 is 8.42 Å². The van der Waals surface area contributed by atoms with Crippen LogP contribution in [-0.4, -0.2) is 45.8 Å². The summed E-state index contributed by atoms with van der Waals surface area (Å²) in [5.41, 5.74) is 1.00. The first-order valence-corrected chi connectivity index (χ1v) is 8.53. The van der Waals surface area contributed by atoms with Gasteiger partial charge in [-0.05, 0) is 17.7 Å².